The Morgan fingerprint density at radius 2 is 1.68 bits per heavy atom. The summed E-state index contributed by atoms with van der Waals surface area (Å²) in [5, 5.41) is 11.0. The summed E-state index contributed by atoms with van der Waals surface area (Å²) in [6.45, 7) is 2.81. The van der Waals surface area contributed by atoms with Gasteiger partial charge in [-0.05, 0) is 18.2 Å². The number of hydrogen-bond acceptors (Lipinski definition) is 5. The van der Waals surface area contributed by atoms with E-state index in [1.165, 1.54) is 12.3 Å². The number of aromatic nitrogens is 1. The first-order valence-electron chi connectivity index (χ1n) is 9.59. The Hall–Kier alpha value is -3.59. The van der Waals surface area contributed by atoms with Crippen LogP contribution in [0.5, 0.6) is 0 Å². The van der Waals surface area contributed by atoms with Gasteiger partial charge in [-0.2, -0.15) is 0 Å². The molecule has 9 heteroatoms. The third-order valence-electron chi connectivity index (χ3n) is 5.01. The number of ether oxygens (including phenoxy) is 1. The van der Waals surface area contributed by atoms with Crippen molar-refractivity contribution < 1.29 is 17.9 Å². The lowest BCUT2D eigenvalue weighted by molar-refractivity contribution is 0.122. The molecule has 4 rings (SSSR count). The largest absolute Gasteiger partial charge is 0.378 e. The van der Waals surface area contributed by atoms with Gasteiger partial charge in [0.1, 0.15) is 11.5 Å². The number of aromatic amines is 1. The number of morpholine rings is 1. The lowest BCUT2D eigenvalue weighted by Crippen LogP contribution is -2.36. The molecule has 0 aliphatic carbocycles. The smallest absolute Gasteiger partial charge is 0.259 e. The monoisotopic (exact) mass is 428 g/mol. The second kappa shape index (κ2) is 8.65. The predicted molar refractivity (Wildman–Crippen MR) is 112 cm³/mol. The molecule has 3 N–H and O–H groups in total. The summed E-state index contributed by atoms with van der Waals surface area (Å²) < 4.78 is 46.7. The van der Waals surface area contributed by atoms with E-state index in [1.807, 2.05) is 12.1 Å². The number of pyridine rings is 1. The summed E-state index contributed by atoms with van der Waals surface area (Å²) >= 11 is 0. The van der Waals surface area contributed by atoms with E-state index in [0.717, 1.165) is 18.8 Å². The van der Waals surface area contributed by atoms with Crippen LogP contribution in [0, 0.1) is 22.9 Å². The summed E-state index contributed by atoms with van der Waals surface area (Å²) in [5.41, 5.74) is 0.0206. The normalized spacial score (nSPS) is 13.8. The highest BCUT2D eigenvalue weighted by atomic mass is 19.1. The van der Waals surface area contributed by atoms with Gasteiger partial charge in [-0.25, -0.2) is 13.2 Å². The molecule has 2 aromatic carbocycles. The average Bonchev–Trinajstić information content (AvgIpc) is 2.76. The standard InChI is InChI=1S/C22H19F3N4O2/c23-14-11-16(24)21(17(25)12-14)28-18-5-6-27-22(30)19(18)20(26)13-1-3-15(4-2-13)29-7-9-31-10-8-29/h1-6,11-12,26H,7-10H2,(H2,27,28,30). The van der Waals surface area contributed by atoms with Crippen molar-refractivity contribution in [1.29, 1.82) is 5.41 Å². The van der Waals surface area contributed by atoms with Crippen molar-refractivity contribution in [3.63, 3.8) is 0 Å². The summed E-state index contributed by atoms with van der Waals surface area (Å²) in [6.07, 6.45) is 1.29. The Morgan fingerprint density at radius 1 is 1.03 bits per heavy atom. The van der Waals surface area contributed by atoms with Crippen molar-refractivity contribution >= 4 is 22.8 Å². The molecule has 2 heterocycles. The second-order valence-electron chi connectivity index (χ2n) is 6.99. The molecule has 0 bridgehead atoms. The van der Waals surface area contributed by atoms with Gasteiger partial charge < -0.3 is 19.9 Å². The van der Waals surface area contributed by atoms with Gasteiger partial charge in [0.25, 0.3) is 5.56 Å². The van der Waals surface area contributed by atoms with Crippen molar-refractivity contribution in [2.24, 2.45) is 0 Å². The topological polar surface area (TPSA) is 81.2 Å². The Morgan fingerprint density at radius 3 is 2.32 bits per heavy atom. The summed E-state index contributed by atoms with van der Waals surface area (Å²) in [5.74, 6) is -3.35. The third kappa shape index (κ3) is 4.31. The van der Waals surface area contributed by atoms with E-state index in [4.69, 9.17) is 10.1 Å². The number of benzene rings is 2. The van der Waals surface area contributed by atoms with Crippen molar-refractivity contribution in [3.8, 4) is 0 Å². The number of nitrogens with one attached hydrogen (secondary N) is 3. The lowest BCUT2D eigenvalue weighted by Gasteiger charge is -2.29. The average molecular weight is 428 g/mol. The SMILES string of the molecule is N=C(c1ccc(N2CCOCC2)cc1)c1c(Nc2c(F)cc(F)cc2F)cc[nH]c1=O. The van der Waals surface area contributed by atoms with E-state index in [1.54, 1.807) is 12.1 Å². The molecule has 1 saturated heterocycles. The first kappa shape index (κ1) is 20.7. The Kier molecular flexibility index (Phi) is 5.77. The molecule has 0 radical (unpaired) electrons. The molecule has 6 nitrogen and oxygen atoms in total. The number of nitrogens with zero attached hydrogens (tertiary/aromatic N) is 1. The van der Waals surface area contributed by atoms with E-state index in [9.17, 15) is 18.0 Å². The summed E-state index contributed by atoms with van der Waals surface area (Å²) in [4.78, 5) is 17.1. The van der Waals surface area contributed by atoms with Crippen LogP contribution in [0.1, 0.15) is 11.1 Å². The predicted octanol–water partition coefficient (Wildman–Crippen LogP) is 3.79. The molecule has 0 atom stereocenters. The zero-order valence-electron chi connectivity index (χ0n) is 16.3. The zero-order chi connectivity index (χ0) is 22.0. The molecule has 3 aromatic rings. The van der Waals surface area contributed by atoms with E-state index in [-0.39, 0.29) is 17.0 Å². The molecular formula is C22H19F3N4O2. The minimum Gasteiger partial charge on any atom is -0.378 e. The molecule has 0 unspecified atom stereocenters. The lowest BCUT2D eigenvalue weighted by atomic mass is 10.0. The van der Waals surface area contributed by atoms with Crippen molar-refractivity contribution in [1.82, 2.24) is 4.98 Å². The van der Waals surface area contributed by atoms with Gasteiger partial charge in [-0.3, -0.25) is 10.2 Å². The number of hydrogen-bond donors (Lipinski definition) is 3. The number of rotatable bonds is 5. The molecule has 31 heavy (non-hydrogen) atoms. The molecular weight excluding hydrogens is 409 g/mol. The van der Waals surface area contributed by atoms with Crippen molar-refractivity contribution in [2.75, 3.05) is 36.5 Å². The van der Waals surface area contributed by atoms with E-state index < -0.39 is 28.7 Å². The third-order valence-corrected chi connectivity index (χ3v) is 5.01. The molecule has 0 saturated carbocycles. The van der Waals surface area contributed by atoms with Gasteiger partial charge in [-0.1, -0.05) is 12.1 Å². The number of halogens is 3. The fraction of sp³-hybridized carbons (Fsp3) is 0.182. The highest BCUT2D eigenvalue weighted by Crippen LogP contribution is 2.27. The highest BCUT2D eigenvalue weighted by molar-refractivity contribution is 6.14. The van der Waals surface area contributed by atoms with Gasteiger partial charge in [0.05, 0.1) is 30.2 Å². The molecule has 1 aromatic heterocycles. The van der Waals surface area contributed by atoms with Crippen LogP contribution in [0.15, 0.2) is 53.5 Å². The molecule has 1 fully saturated rings. The van der Waals surface area contributed by atoms with Crippen LogP contribution < -0.4 is 15.8 Å². The van der Waals surface area contributed by atoms with Crippen LogP contribution in [-0.2, 0) is 4.74 Å². The molecule has 0 amide bonds. The van der Waals surface area contributed by atoms with Crippen LogP contribution in [0.4, 0.5) is 30.2 Å². The van der Waals surface area contributed by atoms with E-state index >= 15 is 0 Å². The van der Waals surface area contributed by atoms with Gasteiger partial charge >= 0.3 is 0 Å². The van der Waals surface area contributed by atoms with Crippen LogP contribution in [0.25, 0.3) is 0 Å². The Bertz CT molecular complexity index is 1150. The van der Waals surface area contributed by atoms with Gasteiger partial charge in [-0.15, -0.1) is 0 Å². The van der Waals surface area contributed by atoms with E-state index in [0.29, 0.717) is 30.9 Å². The van der Waals surface area contributed by atoms with Crippen molar-refractivity contribution in [2.45, 2.75) is 0 Å². The number of H-pyrrole nitrogens is 1. The fourth-order valence-corrected chi connectivity index (χ4v) is 3.43. The second-order valence-corrected chi connectivity index (χ2v) is 6.99. The highest BCUT2D eigenvalue weighted by Gasteiger charge is 2.19. The minimum atomic E-state index is -1.15. The van der Waals surface area contributed by atoms with Crippen LogP contribution in [0.3, 0.4) is 0 Å². The zero-order valence-corrected chi connectivity index (χ0v) is 16.3. The molecule has 0 spiro atoms. The van der Waals surface area contributed by atoms with Crippen LogP contribution in [0.2, 0.25) is 0 Å². The van der Waals surface area contributed by atoms with Gasteiger partial charge in [0.2, 0.25) is 0 Å². The van der Waals surface area contributed by atoms with E-state index in [2.05, 4.69) is 15.2 Å². The first-order chi connectivity index (χ1) is 14.9. The maximum absolute atomic E-state index is 14.1. The van der Waals surface area contributed by atoms with Gasteiger partial charge in [0, 0.05) is 42.7 Å². The summed E-state index contributed by atoms with van der Waals surface area (Å²) in [7, 11) is 0. The van der Waals surface area contributed by atoms with Crippen molar-refractivity contribution in [3.05, 3.63) is 87.6 Å². The molecule has 1 aliphatic heterocycles. The Labute approximate surface area is 175 Å². The van der Waals surface area contributed by atoms with Gasteiger partial charge in [0.15, 0.2) is 11.6 Å². The maximum Gasteiger partial charge on any atom is 0.259 e. The quantitative estimate of drug-likeness (QED) is 0.540. The van der Waals surface area contributed by atoms with Crippen LogP contribution in [-0.4, -0.2) is 37.0 Å². The summed E-state index contributed by atoms with van der Waals surface area (Å²) in [6, 6.07) is 9.57. The number of anilines is 3. The van der Waals surface area contributed by atoms with Crippen LogP contribution >= 0.6 is 0 Å². The molecule has 160 valence electrons. The Balaban J connectivity index is 1.65. The fourth-order valence-electron chi connectivity index (χ4n) is 3.43. The maximum atomic E-state index is 14.1. The molecule has 1 aliphatic rings. The minimum absolute atomic E-state index is 0.0235. The first-order valence-corrected chi connectivity index (χ1v) is 9.59.